The van der Waals surface area contributed by atoms with Crippen LogP contribution in [0.15, 0.2) is 0 Å². The maximum Gasteiger partial charge on any atom is 0.0501 e. The van der Waals surface area contributed by atoms with Gasteiger partial charge in [-0.15, -0.1) is 0 Å². The minimum Gasteiger partial charge on any atom is -0.396 e. The van der Waals surface area contributed by atoms with Gasteiger partial charge in [0.15, 0.2) is 0 Å². The largest absolute Gasteiger partial charge is 0.396 e. The zero-order chi connectivity index (χ0) is 12.1. The molecule has 2 rings (SSSR count). The third-order valence-electron chi connectivity index (χ3n) is 4.79. The van der Waals surface area contributed by atoms with Crippen LogP contribution < -0.4 is 5.32 Å². The smallest absolute Gasteiger partial charge is 0.0501 e. The Labute approximate surface area is 105 Å². The van der Waals surface area contributed by atoms with Crippen molar-refractivity contribution in [1.29, 1.82) is 0 Å². The van der Waals surface area contributed by atoms with Gasteiger partial charge in [-0.1, -0.05) is 12.8 Å². The van der Waals surface area contributed by atoms with E-state index in [9.17, 15) is 5.11 Å². The van der Waals surface area contributed by atoms with Crippen LogP contribution in [-0.2, 0) is 4.74 Å². The average molecular weight is 241 g/mol. The molecule has 0 spiro atoms. The molecule has 1 aliphatic heterocycles. The van der Waals surface area contributed by atoms with Crippen LogP contribution in [-0.4, -0.2) is 37.5 Å². The van der Waals surface area contributed by atoms with Crippen molar-refractivity contribution >= 4 is 0 Å². The summed E-state index contributed by atoms with van der Waals surface area (Å²) in [6, 6.07) is 0.601. The first-order valence-corrected chi connectivity index (χ1v) is 7.18. The summed E-state index contributed by atoms with van der Waals surface area (Å²) < 4.78 is 5.39. The van der Waals surface area contributed by atoms with Crippen molar-refractivity contribution in [2.45, 2.75) is 51.5 Å². The minimum atomic E-state index is 0.0745. The highest BCUT2D eigenvalue weighted by atomic mass is 16.5. The lowest BCUT2D eigenvalue weighted by Gasteiger charge is -2.37. The highest BCUT2D eigenvalue weighted by molar-refractivity contribution is 4.86. The summed E-state index contributed by atoms with van der Waals surface area (Å²) in [6.07, 6.45) is 7.54. The van der Waals surface area contributed by atoms with Gasteiger partial charge in [-0.2, -0.15) is 0 Å². The fourth-order valence-corrected chi connectivity index (χ4v) is 3.20. The molecule has 0 bridgehead atoms. The topological polar surface area (TPSA) is 41.5 Å². The second kappa shape index (κ2) is 6.17. The van der Waals surface area contributed by atoms with Crippen LogP contribution in [0.1, 0.15) is 45.4 Å². The summed E-state index contributed by atoms with van der Waals surface area (Å²) in [4.78, 5) is 0. The fraction of sp³-hybridized carbons (Fsp3) is 1.00. The minimum absolute atomic E-state index is 0.0745. The summed E-state index contributed by atoms with van der Waals surface area (Å²) in [5, 5.41) is 13.3. The van der Waals surface area contributed by atoms with Crippen molar-refractivity contribution in [2.24, 2.45) is 11.3 Å². The Bertz CT molecular complexity index is 220. The molecule has 1 heterocycles. The summed E-state index contributed by atoms with van der Waals surface area (Å²) in [5.41, 5.74) is 0.0745. The molecular weight excluding hydrogens is 214 g/mol. The number of rotatable bonds is 5. The molecule has 1 saturated heterocycles. The second-order valence-electron chi connectivity index (χ2n) is 5.98. The van der Waals surface area contributed by atoms with Crippen LogP contribution in [0.5, 0.6) is 0 Å². The summed E-state index contributed by atoms with van der Waals surface area (Å²) in [5.74, 6) is 0.852. The Balaban J connectivity index is 1.78. The van der Waals surface area contributed by atoms with Crippen LogP contribution in [0.3, 0.4) is 0 Å². The molecule has 3 nitrogen and oxygen atoms in total. The van der Waals surface area contributed by atoms with Crippen LogP contribution in [0.25, 0.3) is 0 Å². The molecule has 0 aromatic heterocycles. The average Bonchev–Trinajstić information content (AvgIpc) is 2.91. The Morgan fingerprint density at radius 2 is 1.94 bits per heavy atom. The van der Waals surface area contributed by atoms with E-state index < -0.39 is 0 Å². The van der Waals surface area contributed by atoms with Crippen molar-refractivity contribution in [1.82, 2.24) is 5.32 Å². The number of hydrogen-bond donors (Lipinski definition) is 2. The van der Waals surface area contributed by atoms with Gasteiger partial charge in [0, 0.05) is 31.2 Å². The van der Waals surface area contributed by atoms with Crippen molar-refractivity contribution in [3.63, 3.8) is 0 Å². The lowest BCUT2D eigenvalue weighted by atomic mass is 9.80. The van der Waals surface area contributed by atoms with Crippen LogP contribution in [0.4, 0.5) is 0 Å². The van der Waals surface area contributed by atoms with E-state index >= 15 is 0 Å². The molecule has 1 unspecified atom stereocenters. The maximum atomic E-state index is 9.62. The molecule has 100 valence electrons. The fourth-order valence-electron chi connectivity index (χ4n) is 3.20. The van der Waals surface area contributed by atoms with Gasteiger partial charge in [0.2, 0.25) is 0 Å². The number of nitrogens with one attached hydrogen (secondary N) is 1. The lowest BCUT2D eigenvalue weighted by molar-refractivity contribution is -0.0170. The SMILES string of the molecule is CC(NCC1(CO)CCOCC1)C1CCCC1. The molecule has 0 radical (unpaired) electrons. The molecule has 0 aromatic carbocycles. The van der Waals surface area contributed by atoms with Gasteiger partial charge in [0.05, 0.1) is 6.61 Å². The van der Waals surface area contributed by atoms with Gasteiger partial charge in [-0.05, 0) is 38.5 Å². The third kappa shape index (κ3) is 3.43. The highest BCUT2D eigenvalue weighted by Gasteiger charge is 2.33. The first kappa shape index (κ1) is 13.3. The maximum absolute atomic E-state index is 9.62. The van der Waals surface area contributed by atoms with Crippen LogP contribution >= 0.6 is 0 Å². The van der Waals surface area contributed by atoms with E-state index in [1.54, 1.807) is 0 Å². The van der Waals surface area contributed by atoms with Crippen LogP contribution in [0.2, 0.25) is 0 Å². The molecule has 3 heteroatoms. The number of ether oxygens (including phenoxy) is 1. The molecule has 17 heavy (non-hydrogen) atoms. The summed E-state index contributed by atoms with van der Waals surface area (Å²) in [7, 11) is 0. The zero-order valence-electron chi connectivity index (χ0n) is 11.1. The monoisotopic (exact) mass is 241 g/mol. The van der Waals surface area contributed by atoms with E-state index in [0.717, 1.165) is 38.5 Å². The van der Waals surface area contributed by atoms with Gasteiger partial charge in [0.25, 0.3) is 0 Å². The van der Waals surface area contributed by atoms with Gasteiger partial charge in [-0.3, -0.25) is 0 Å². The van der Waals surface area contributed by atoms with Crippen molar-refractivity contribution in [2.75, 3.05) is 26.4 Å². The Morgan fingerprint density at radius 1 is 1.29 bits per heavy atom. The zero-order valence-corrected chi connectivity index (χ0v) is 11.1. The highest BCUT2D eigenvalue weighted by Crippen LogP contribution is 2.31. The quantitative estimate of drug-likeness (QED) is 0.773. The molecule has 0 amide bonds. The molecular formula is C14H27NO2. The normalized spacial score (nSPS) is 27.2. The first-order valence-electron chi connectivity index (χ1n) is 7.18. The standard InChI is InChI=1S/C14H27NO2/c1-12(13-4-2-3-5-13)15-10-14(11-16)6-8-17-9-7-14/h12-13,15-16H,2-11H2,1H3. The molecule has 0 aromatic rings. The van der Waals surface area contributed by atoms with Gasteiger partial charge < -0.3 is 15.2 Å². The van der Waals surface area contributed by atoms with E-state index in [0.29, 0.717) is 12.6 Å². The molecule has 1 aliphatic carbocycles. The third-order valence-corrected chi connectivity index (χ3v) is 4.79. The van der Waals surface area contributed by atoms with E-state index in [1.807, 2.05) is 0 Å². The van der Waals surface area contributed by atoms with Crippen LogP contribution in [0, 0.1) is 11.3 Å². The van der Waals surface area contributed by atoms with Crippen molar-refractivity contribution in [3.8, 4) is 0 Å². The lowest BCUT2D eigenvalue weighted by Crippen LogP contribution is -2.45. The molecule has 2 fully saturated rings. The number of aliphatic hydroxyl groups excluding tert-OH is 1. The van der Waals surface area contributed by atoms with E-state index in [2.05, 4.69) is 12.2 Å². The predicted molar refractivity (Wildman–Crippen MR) is 69.0 cm³/mol. The molecule has 1 saturated carbocycles. The molecule has 2 N–H and O–H groups in total. The summed E-state index contributed by atoms with van der Waals surface area (Å²) in [6.45, 7) is 5.16. The van der Waals surface area contributed by atoms with Crippen molar-refractivity contribution < 1.29 is 9.84 Å². The predicted octanol–water partition coefficient (Wildman–Crippen LogP) is 1.94. The Kier molecular flexibility index (Phi) is 4.83. The first-order chi connectivity index (χ1) is 8.26. The van der Waals surface area contributed by atoms with Crippen molar-refractivity contribution in [3.05, 3.63) is 0 Å². The van der Waals surface area contributed by atoms with Gasteiger partial charge in [0.1, 0.15) is 0 Å². The Hall–Kier alpha value is -0.120. The van der Waals surface area contributed by atoms with Gasteiger partial charge in [-0.25, -0.2) is 0 Å². The number of hydrogen-bond acceptors (Lipinski definition) is 3. The number of aliphatic hydroxyl groups is 1. The summed E-state index contributed by atoms with van der Waals surface area (Å²) >= 11 is 0. The van der Waals surface area contributed by atoms with E-state index in [4.69, 9.17) is 4.74 Å². The van der Waals surface area contributed by atoms with E-state index in [-0.39, 0.29) is 5.41 Å². The molecule has 1 atom stereocenters. The van der Waals surface area contributed by atoms with Gasteiger partial charge >= 0.3 is 0 Å². The second-order valence-corrected chi connectivity index (χ2v) is 5.98. The molecule has 2 aliphatic rings. The Morgan fingerprint density at radius 3 is 2.53 bits per heavy atom. The van der Waals surface area contributed by atoms with E-state index in [1.165, 1.54) is 25.7 Å².